The number of nitrogens with one attached hydrogen (secondary N) is 3. The Bertz CT molecular complexity index is 658. The predicted molar refractivity (Wildman–Crippen MR) is 80.5 cm³/mol. The molecule has 1 aromatic carbocycles. The Morgan fingerprint density at radius 3 is 2.82 bits per heavy atom. The number of benzene rings is 1. The highest BCUT2D eigenvalue weighted by atomic mass is 19.1. The Hall–Kier alpha value is -2.54. The molecule has 1 fully saturated rings. The molecular weight excluding hydrogens is 285 g/mol. The minimum atomic E-state index is -0.579. The van der Waals surface area contributed by atoms with Gasteiger partial charge >= 0.3 is 0 Å². The smallest absolute Gasteiger partial charge is 0.254 e. The lowest BCUT2D eigenvalue weighted by Gasteiger charge is -2.12. The lowest BCUT2D eigenvalue weighted by molar-refractivity contribution is 0.0936. The first-order chi connectivity index (χ1) is 10.7. The van der Waals surface area contributed by atoms with Crippen LogP contribution in [0.1, 0.15) is 16.8 Å². The van der Waals surface area contributed by atoms with E-state index in [1.54, 1.807) is 24.5 Å². The van der Waals surface area contributed by atoms with Crippen LogP contribution >= 0.6 is 0 Å². The summed E-state index contributed by atoms with van der Waals surface area (Å²) in [6.45, 7) is 1.59. The van der Waals surface area contributed by atoms with E-state index in [0.29, 0.717) is 11.6 Å². The topological polar surface area (TPSA) is 78.9 Å². The highest BCUT2D eigenvalue weighted by Gasteiger charge is 2.19. The van der Waals surface area contributed by atoms with Crippen LogP contribution in [0.5, 0.6) is 0 Å². The molecule has 3 rings (SSSR count). The van der Waals surface area contributed by atoms with Crippen molar-refractivity contribution < 1.29 is 9.18 Å². The molecule has 1 atom stereocenters. The molecular formula is C15H16FN5O. The summed E-state index contributed by atoms with van der Waals surface area (Å²) in [5.74, 6) is -0.603. The third-order valence-corrected chi connectivity index (χ3v) is 3.43. The van der Waals surface area contributed by atoms with Crippen LogP contribution in [-0.4, -0.2) is 35.0 Å². The molecule has 1 amide bonds. The van der Waals surface area contributed by atoms with Gasteiger partial charge in [0.1, 0.15) is 5.82 Å². The summed E-state index contributed by atoms with van der Waals surface area (Å²) in [5, 5.41) is 8.85. The van der Waals surface area contributed by atoms with Gasteiger partial charge in [0.25, 0.3) is 5.91 Å². The average molecular weight is 301 g/mol. The Balaban J connectivity index is 1.70. The van der Waals surface area contributed by atoms with Crippen molar-refractivity contribution in [3.8, 4) is 0 Å². The van der Waals surface area contributed by atoms with Crippen molar-refractivity contribution in [1.82, 2.24) is 20.6 Å². The molecule has 22 heavy (non-hydrogen) atoms. The van der Waals surface area contributed by atoms with E-state index in [9.17, 15) is 9.18 Å². The maximum Gasteiger partial charge on any atom is 0.254 e. The number of halogens is 1. The SMILES string of the molecule is O=C(N[C@@H]1CCNC1)c1ccc(Nc2ncccn2)cc1F. The van der Waals surface area contributed by atoms with E-state index in [-0.39, 0.29) is 11.6 Å². The normalized spacial score (nSPS) is 17.2. The number of hydrogen-bond acceptors (Lipinski definition) is 5. The Morgan fingerprint density at radius 1 is 1.32 bits per heavy atom. The van der Waals surface area contributed by atoms with Gasteiger partial charge in [-0.25, -0.2) is 14.4 Å². The van der Waals surface area contributed by atoms with E-state index in [0.717, 1.165) is 19.5 Å². The molecule has 1 aliphatic rings. The molecule has 0 radical (unpaired) electrons. The summed E-state index contributed by atoms with van der Waals surface area (Å²) in [6.07, 6.45) is 4.03. The summed E-state index contributed by atoms with van der Waals surface area (Å²) >= 11 is 0. The first-order valence-corrected chi connectivity index (χ1v) is 7.07. The van der Waals surface area contributed by atoms with Gasteiger partial charge in [0.05, 0.1) is 5.56 Å². The van der Waals surface area contributed by atoms with Crippen molar-refractivity contribution in [2.45, 2.75) is 12.5 Å². The van der Waals surface area contributed by atoms with Gasteiger partial charge in [-0.3, -0.25) is 4.79 Å². The number of hydrogen-bond donors (Lipinski definition) is 3. The molecule has 6 nitrogen and oxygen atoms in total. The monoisotopic (exact) mass is 301 g/mol. The number of amides is 1. The number of anilines is 2. The molecule has 0 unspecified atom stereocenters. The maximum atomic E-state index is 14.1. The van der Waals surface area contributed by atoms with Gasteiger partial charge in [0, 0.05) is 30.7 Å². The maximum absolute atomic E-state index is 14.1. The van der Waals surface area contributed by atoms with Gasteiger partial charge in [-0.05, 0) is 37.2 Å². The van der Waals surface area contributed by atoms with Gasteiger partial charge in [-0.2, -0.15) is 0 Å². The zero-order valence-corrected chi connectivity index (χ0v) is 11.8. The van der Waals surface area contributed by atoms with Crippen LogP contribution in [0.25, 0.3) is 0 Å². The molecule has 3 N–H and O–H groups in total. The lowest BCUT2D eigenvalue weighted by Crippen LogP contribution is -2.36. The van der Waals surface area contributed by atoms with E-state index in [1.165, 1.54) is 12.1 Å². The van der Waals surface area contributed by atoms with Crippen LogP contribution in [0.3, 0.4) is 0 Å². The van der Waals surface area contributed by atoms with E-state index >= 15 is 0 Å². The third-order valence-electron chi connectivity index (χ3n) is 3.43. The largest absolute Gasteiger partial charge is 0.348 e. The quantitative estimate of drug-likeness (QED) is 0.796. The zero-order chi connectivity index (χ0) is 15.4. The molecule has 114 valence electrons. The Labute approximate surface area is 127 Å². The minimum Gasteiger partial charge on any atom is -0.348 e. The molecule has 1 aromatic heterocycles. The zero-order valence-electron chi connectivity index (χ0n) is 11.8. The van der Waals surface area contributed by atoms with E-state index < -0.39 is 11.7 Å². The first-order valence-electron chi connectivity index (χ1n) is 7.07. The van der Waals surface area contributed by atoms with Gasteiger partial charge in [0.2, 0.25) is 5.95 Å². The summed E-state index contributed by atoms with van der Waals surface area (Å²) in [5.41, 5.74) is 0.522. The molecule has 0 spiro atoms. The second-order valence-corrected chi connectivity index (χ2v) is 5.06. The van der Waals surface area contributed by atoms with Crippen LogP contribution in [0, 0.1) is 5.82 Å². The highest BCUT2D eigenvalue weighted by molar-refractivity contribution is 5.95. The molecule has 2 heterocycles. The molecule has 7 heteroatoms. The van der Waals surface area contributed by atoms with Crippen LogP contribution in [0.2, 0.25) is 0 Å². The van der Waals surface area contributed by atoms with Crippen LogP contribution in [0.4, 0.5) is 16.0 Å². The minimum absolute atomic E-state index is 0.0337. The molecule has 1 aliphatic heterocycles. The van der Waals surface area contributed by atoms with Crippen LogP contribution in [0.15, 0.2) is 36.7 Å². The van der Waals surface area contributed by atoms with Crippen LogP contribution in [-0.2, 0) is 0 Å². The van der Waals surface area contributed by atoms with E-state index in [1.807, 2.05) is 0 Å². The second kappa shape index (κ2) is 6.48. The molecule has 2 aromatic rings. The summed E-state index contributed by atoms with van der Waals surface area (Å²) in [7, 11) is 0. The fourth-order valence-corrected chi connectivity index (χ4v) is 2.31. The first kappa shape index (κ1) is 14.4. The predicted octanol–water partition coefficient (Wildman–Crippen LogP) is 1.45. The Kier molecular flexibility index (Phi) is 4.24. The number of nitrogens with zero attached hydrogens (tertiary/aromatic N) is 2. The highest BCUT2D eigenvalue weighted by Crippen LogP contribution is 2.17. The van der Waals surface area contributed by atoms with Crippen molar-refractivity contribution in [3.63, 3.8) is 0 Å². The van der Waals surface area contributed by atoms with Crippen molar-refractivity contribution in [2.75, 3.05) is 18.4 Å². The lowest BCUT2D eigenvalue weighted by atomic mass is 10.1. The van der Waals surface area contributed by atoms with Crippen molar-refractivity contribution in [1.29, 1.82) is 0 Å². The van der Waals surface area contributed by atoms with Crippen molar-refractivity contribution >= 4 is 17.5 Å². The number of carbonyl (C=O) groups excluding carboxylic acids is 1. The fraction of sp³-hybridized carbons (Fsp3) is 0.267. The van der Waals surface area contributed by atoms with E-state index in [4.69, 9.17) is 0 Å². The van der Waals surface area contributed by atoms with Crippen molar-refractivity contribution in [3.05, 3.63) is 48.0 Å². The molecule has 0 aliphatic carbocycles. The molecule has 1 saturated heterocycles. The summed E-state index contributed by atoms with van der Waals surface area (Å²) in [4.78, 5) is 20.1. The van der Waals surface area contributed by atoms with Gasteiger partial charge in [-0.1, -0.05) is 0 Å². The van der Waals surface area contributed by atoms with E-state index in [2.05, 4.69) is 25.9 Å². The fourth-order valence-electron chi connectivity index (χ4n) is 2.31. The van der Waals surface area contributed by atoms with Gasteiger partial charge in [0.15, 0.2) is 0 Å². The molecule has 0 bridgehead atoms. The van der Waals surface area contributed by atoms with Crippen molar-refractivity contribution in [2.24, 2.45) is 0 Å². The number of aromatic nitrogens is 2. The number of carbonyl (C=O) groups is 1. The third kappa shape index (κ3) is 3.37. The van der Waals surface area contributed by atoms with Gasteiger partial charge in [-0.15, -0.1) is 0 Å². The second-order valence-electron chi connectivity index (χ2n) is 5.06. The van der Waals surface area contributed by atoms with Gasteiger partial charge < -0.3 is 16.0 Å². The molecule has 0 saturated carbocycles. The average Bonchev–Trinajstić information content (AvgIpc) is 3.01. The van der Waals surface area contributed by atoms with Crippen LogP contribution < -0.4 is 16.0 Å². The summed E-state index contributed by atoms with van der Waals surface area (Å²) < 4.78 is 14.1. The Morgan fingerprint density at radius 2 is 2.14 bits per heavy atom. The number of rotatable bonds is 4. The standard InChI is InChI=1S/C15H16FN5O/c16-13-8-10(21-15-18-5-1-6-19-15)2-3-12(13)14(22)20-11-4-7-17-9-11/h1-3,5-6,8,11,17H,4,7,9H2,(H,20,22)(H,18,19,21)/t11-/m1/s1. The summed E-state index contributed by atoms with van der Waals surface area (Å²) in [6, 6.07) is 6.09.